The summed E-state index contributed by atoms with van der Waals surface area (Å²) in [7, 11) is 0. The van der Waals surface area contributed by atoms with Crippen LogP contribution in [0.5, 0.6) is 0 Å². The van der Waals surface area contributed by atoms with Crippen molar-refractivity contribution in [3.8, 4) is 10.6 Å². The van der Waals surface area contributed by atoms with Gasteiger partial charge in [0.25, 0.3) is 12.3 Å². The number of rotatable bonds is 5. The molecule has 0 aromatic carbocycles. The van der Waals surface area contributed by atoms with Gasteiger partial charge in [-0.05, 0) is 24.3 Å². The molecule has 0 aliphatic heterocycles. The first-order chi connectivity index (χ1) is 9.65. The zero-order valence-corrected chi connectivity index (χ0v) is 12.1. The quantitative estimate of drug-likeness (QED) is 0.842. The number of alkyl halides is 2. The summed E-state index contributed by atoms with van der Waals surface area (Å²) in [5.74, 6) is -0.384. The summed E-state index contributed by atoms with van der Waals surface area (Å²) < 4.78 is 25.1. The number of nitrogens with zero attached hydrogens (tertiary/aromatic N) is 2. The first-order valence-electron chi connectivity index (χ1n) is 6.22. The van der Waals surface area contributed by atoms with Gasteiger partial charge >= 0.3 is 0 Å². The molecule has 0 spiro atoms. The average Bonchev–Trinajstić information content (AvgIpc) is 2.94. The van der Waals surface area contributed by atoms with E-state index < -0.39 is 13.0 Å². The lowest BCUT2D eigenvalue weighted by Gasteiger charge is -2.20. The largest absolute Gasteiger partial charge is 0.329 e. The summed E-state index contributed by atoms with van der Waals surface area (Å²) in [6, 6.07) is 1.89. The molecule has 3 nitrogen and oxygen atoms in total. The molecule has 106 valence electrons. The van der Waals surface area contributed by atoms with Gasteiger partial charge in [-0.3, -0.25) is 4.79 Å². The van der Waals surface area contributed by atoms with Crippen LogP contribution in [0.1, 0.15) is 23.3 Å². The van der Waals surface area contributed by atoms with Crippen molar-refractivity contribution >= 4 is 28.6 Å². The van der Waals surface area contributed by atoms with Gasteiger partial charge in [0.2, 0.25) is 0 Å². The number of aromatic nitrogens is 1. The second-order valence-electron chi connectivity index (χ2n) is 4.63. The molecule has 0 N–H and O–H groups in total. The molecule has 0 bridgehead atoms. The van der Waals surface area contributed by atoms with Crippen LogP contribution in [0.4, 0.5) is 8.78 Å². The lowest BCUT2D eigenvalue weighted by Crippen LogP contribution is -2.37. The zero-order chi connectivity index (χ0) is 14.1. The first-order valence-corrected chi connectivity index (χ1v) is 8.04. The molecule has 1 saturated carbocycles. The van der Waals surface area contributed by atoms with Gasteiger partial charge < -0.3 is 4.90 Å². The minimum absolute atomic E-state index is 0.0391. The maximum absolute atomic E-state index is 12.6. The van der Waals surface area contributed by atoms with E-state index in [9.17, 15) is 13.6 Å². The van der Waals surface area contributed by atoms with Gasteiger partial charge in [-0.1, -0.05) is 0 Å². The summed E-state index contributed by atoms with van der Waals surface area (Å²) in [4.78, 5) is 17.8. The van der Waals surface area contributed by atoms with Crippen LogP contribution in [-0.2, 0) is 0 Å². The third-order valence-corrected chi connectivity index (χ3v) is 4.65. The molecule has 3 rings (SSSR count). The summed E-state index contributed by atoms with van der Waals surface area (Å²) in [6.45, 7) is -0.505. The number of halogens is 2. The van der Waals surface area contributed by atoms with Crippen molar-refractivity contribution in [2.24, 2.45) is 0 Å². The molecular weight excluding hydrogens is 302 g/mol. The Labute approximate surface area is 122 Å². The van der Waals surface area contributed by atoms with Crippen LogP contribution in [0.2, 0.25) is 0 Å². The highest BCUT2D eigenvalue weighted by Gasteiger charge is 2.35. The molecule has 0 atom stereocenters. The number of thiazole rings is 1. The lowest BCUT2D eigenvalue weighted by molar-refractivity contribution is 0.0530. The molecule has 20 heavy (non-hydrogen) atoms. The Morgan fingerprint density at radius 3 is 2.85 bits per heavy atom. The van der Waals surface area contributed by atoms with Gasteiger partial charge in [0.05, 0.1) is 6.54 Å². The Hall–Kier alpha value is -1.34. The molecule has 7 heteroatoms. The number of hydrogen-bond acceptors (Lipinski definition) is 4. The smallest absolute Gasteiger partial charge is 0.273 e. The summed E-state index contributed by atoms with van der Waals surface area (Å²) in [5, 5.41) is 6.29. The van der Waals surface area contributed by atoms with Crippen LogP contribution in [-0.4, -0.2) is 34.8 Å². The Morgan fingerprint density at radius 2 is 2.25 bits per heavy atom. The highest BCUT2D eigenvalue weighted by molar-refractivity contribution is 7.14. The van der Waals surface area contributed by atoms with Crippen molar-refractivity contribution in [3.05, 3.63) is 27.9 Å². The molecule has 0 unspecified atom stereocenters. The second kappa shape index (κ2) is 5.57. The summed E-state index contributed by atoms with van der Waals surface area (Å²) >= 11 is 2.92. The fraction of sp³-hybridized carbons (Fsp3) is 0.385. The van der Waals surface area contributed by atoms with Crippen molar-refractivity contribution in [1.29, 1.82) is 0 Å². The number of carbonyl (C=O) groups excluding carboxylic acids is 1. The van der Waals surface area contributed by atoms with E-state index in [1.54, 1.807) is 16.7 Å². The molecule has 0 saturated heterocycles. The topological polar surface area (TPSA) is 33.2 Å². The SMILES string of the molecule is O=C(c1csc(-c2ccsc2)n1)N(CC(F)F)C1CC1. The number of hydrogen-bond donors (Lipinski definition) is 0. The highest BCUT2D eigenvalue weighted by Crippen LogP contribution is 2.31. The fourth-order valence-corrected chi connectivity index (χ4v) is 3.48. The second-order valence-corrected chi connectivity index (χ2v) is 6.27. The van der Waals surface area contributed by atoms with Crippen LogP contribution < -0.4 is 0 Å². The Kier molecular flexibility index (Phi) is 3.80. The number of carbonyl (C=O) groups is 1. The van der Waals surface area contributed by atoms with E-state index in [-0.39, 0.29) is 17.6 Å². The van der Waals surface area contributed by atoms with Gasteiger partial charge in [0.15, 0.2) is 0 Å². The van der Waals surface area contributed by atoms with Crippen molar-refractivity contribution < 1.29 is 13.6 Å². The standard InChI is InChI=1S/C13H12F2N2OS2/c14-11(15)5-17(9-1-2-9)13(18)10-7-20-12(16-10)8-3-4-19-6-8/h3-4,6-7,9,11H,1-2,5H2. The number of thiophene rings is 1. The van der Waals surface area contributed by atoms with Crippen molar-refractivity contribution in [3.63, 3.8) is 0 Å². The molecule has 0 radical (unpaired) electrons. The van der Waals surface area contributed by atoms with E-state index in [1.807, 2.05) is 16.8 Å². The predicted molar refractivity (Wildman–Crippen MR) is 75.5 cm³/mol. The van der Waals surface area contributed by atoms with E-state index in [0.717, 1.165) is 23.4 Å². The van der Waals surface area contributed by atoms with E-state index in [0.29, 0.717) is 0 Å². The maximum Gasteiger partial charge on any atom is 0.273 e. The number of amides is 1. The van der Waals surface area contributed by atoms with Gasteiger partial charge in [0.1, 0.15) is 10.7 Å². The van der Waals surface area contributed by atoms with Crippen LogP contribution in [0, 0.1) is 0 Å². The van der Waals surface area contributed by atoms with Gasteiger partial charge in [-0.2, -0.15) is 11.3 Å². The van der Waals surface area contributed by atoms with Gasteiger partial charge in [-0.25, -0.2) is 13.8 Å². The Balaban J connectivity index is 1.79. The third kappa shape index (κ3) is 2.88. The molecule has 1 aliphatic rings. The molecule has 1 aliphatic carbocycles. The highest BCUT2D eigenvalue weighted by atomic mass is 32.1. The van der Waals surface area contributed by atoms with Crippen LogP contribution in [0.25, 0.3) is 10.6 Å². The Bertz CT molecular complexity index is 593. The maximum atomic E-state index is 12.6. The molecule has 2 aromatic heterocycles. The molecule has 1 fully saturated rings. The normalized spacial score (nSPS) is 14.8. The van der Waals surface area contributed by atoms with Crippen molar-refractivity contribution in [2.75, 3.05) is 6.54 Å². The molecular formula is C13H12F2N2OS2. The fourth-order valence-electron chi connectivity index (χ4n) is 1.97. The van der Waals surface area contributed by atoms with Gasteiger partial charge in [0, 0.05) is 22.4 Å². The van der Waals surface area contributed by atoms with Crippen LogP contribution >= 0.6 is 22.7 Å². The minimum Gasteiger partial charge on any atom is -0.329 e. The van der Waals surface area contributed by atoms with Crippen LogP contribution in [0.3, 0.4) is 0 Å². The van der Waals surface area contributed by atoms with E-state index in [4.69, 9.17) is 0 Å². The lowest BCUT2D eigenvalue weighted by atomic mass is 10.3. The van der Waals surface area contributed by atoms with E-state index in [1.165, 1.54) is 16.2 Å². The van der Waals surface area contributed by atoms with E-state index in [2.05, 4.69) is 4.98 Å². The van der Waals surface area contributed by atoms with Crippen molar-refractivity contribution in [2.45, 2.75) is 25.3 Å². The summed E-state index contributed by atoms with van der Waals surface area (Å²) in [5.41, 5.74) is 1.23. The zero-order valence-electron chi connectivity index (χ0n) is 10.5. The average molecular weight is 314 g/mol. The predicted octanol–water partition coefficient (Wildman–Crippen LogP) is 3.74. The van der Waals surface area contributed by atoms with Crippen LogP contribution in [0.15, 0.2) is 22.2 Å². The first kappa shape index (κ1) is 13.6. The molecule has 1 amide bonds. The van der Waals surface area contributed by atoms with Crippen molar-refractivity contribution in [1.82, 2.24) is 9.88 Å². The molecule has 2 aromatic rings. The Morgan fingerprint density at radius 1 is 1.45 bits per heavy atom. The summed E-state index contributed by atoms with van der Waals surface area (Å²) in [6.07, 6.45) is -0.894. The monoisotopic (exact) mass is 314 g/mol. The van der Waals surface area contributed by atoms with E-state index >= 15 is 0 Å². The third-order valence-electron chi connectivity index (χ3n) is 3.07. The minimum atomic E-state index is -2.51. The van der Waals surface area contributed by atoms with Gasteiger partial charge in [-0.15, -0.1) is 11.3 Å². The molecule has 2 heterocycles.